The van der Waals surface area contributed by atoms with Gasteiger partial charge in [0, 0.05) is 0 Å². The summed E-state index contributed by atoms with van der Waals surface area (Å²) in [4.78, 5) is 11.4. The van der Waals surface area contributed by atoms with Crippen LogP contribution in [-0.4, -0.2) is 12.6 Å². The van der Waals surface area contributed by atoms with Crippen molar-refractivity contribution >= 4 is 12.0 Å². The number of ether oxygens (including phenoxy) is 2. The number of para-hydroxylation sites is 1. The Morgan fingerprint density at radius 2 is 1.68 bits per heavy atom. The molecule has 0 bridgehead atoms. The molecular weight excluding hydrogens is 276 g/mol. The highest BCUT2D eigenvalue weighted by Crippen LogP contribution is 2.30. The van der Waals surface area contributed by atoms with Crippen LogP contribution in [0.3, 0.4) is 0 Å². The maximum Gasteiger partial charge on any atom is 0.309 e. The molecule has 0 radical (unpaired) electrons. The van der Waals surface area contributed by atoms with E-state index in [1.165, 1.54) is 0 Å². The van der Waals surface area contributed by atoms with Crippen LogP contribution in [0.5, 0.6) is 11.5 Å². The molecule has 3 nitrogen and oxygen atoms in total. The van der Waals surface area contributed by atoms with Gasteiger partial charge in [-0.2, -0.15) is 0 Å². The number of hydrogen-bond donors (Lipinski definition) is 0. The first-order valence-electron chi connectivity index (χ1n) is 7.47. The molecule has 112 valence electrons. The van der Waals surface area contributed by atoms with Gasteiger partial charge in [0.25, 0.3) is 0 Å². The molecule has 2 aromatic rings. The van der Waals surface area contributed by atoms with Gasteiger partial charge in [-0.1, -0.05) is 36.4 Å². The Kier molecular flexibility index (Phi) is 4.54. The number of hydrogen-bond acceptors (Lipinski definition) is 3. The summed E-state index contributed by atoms with van der Waals surface area (Å²) in [6.07, 6.45) is 5.75. The van der Waals surface area contributed by atoms with Crippen LogP contribution in [0.15, 0.2) is 60.7 Å². The lowest BCUT2D eigenvalue weighted by molar-refractivity contribution is -0.143. The molecule has 0 heterocycles. The predicted octanol–water partition coefficient (Wildman–Crippen LogP) is 4.45. The van der Waals surface area contributed by atoms with Crippen molar-refractivity contribution < 1.29 is 14.3 Å². The Labute approximate surface area is 130 Å². The van der Waals surface area contributed by atoms with Crippen LogP contribution in [0.2, 0.25) is 0 Å². The zero-order valence-corrected chi connectivity index (χ0v) is 12.3. The summed E-state index contributed by atoms with van der Waals surface area (Å²) in [6.45, 7) is 0.331. The fourth-order valence-electron chi connectivity index (χ4n) is 2.02. The second-order valence-electron chi connectivity index (χ2n) is 5.29. The minimum Gasteiger partial charge on any atom is -0.461 e. The van der Waals surface area contributed by atoms with Gasteiger partial charge in [0.15, 0.2) is 0 Å². The van der Waals surface area contributed by atoms with Gasteiger partial charge >= 0.3 is 5.97 Å². The number of carbonyl (C=O) groups excluding carboxylic acids is 1. The van der Waals surface area contributed by atoms with E-state index in [0.29, 0.717) is 6.61 Å². The molecule has 1 aliphatic rings. The molecule has 22 heavy (non-hydrogen) atoms. The second kappa shape index (κ2) is 6.94. The molecular formula is C19H18O3. The van der Waals surface area contributed by atoms with E-state index >= 15 is 0 Å². The minimum absolute atomic E-state index is 0.0729. The molecule has 2 aromatic carbocycles. The van der Waals surface area contributed by atoms with Crippen LogP contribution >= 0.6 is 0 Å². The summed E-state index contributed by atoms with van der Waals surface area (Å²) in [7, 11) is 0. The van der Waals surface area contributed by atoms with Gasteiger partial charge in [-0.25, -0.2) is 0 Å². The molecule has 0 N–H and O–H groups in total. The van der Waals surface area contributed by atoms with E-state index in [9.17, 15) is 4.79 Å². The van der Waals surface area contributed by atoms with Crippen molar-refractivity contribution in [2.45, 2.75) is 12.8 Å². The van der Waals surface area contributed by atoms with Crippen molar-refractivity contribution in [1.29, 1.82) is 0 Å². The highest BCUT2D eigenvalue weighted by molar-refractivity contribution is 5.75. The molecule has 1 fully saturated rings. The van der Waals surface area contributed by atoms with Crippen LogP contribution in [0.25, 0.3) is 6.08 Å². The van der Waals surface area contributed by atoms with Crippen LogP contribution < -0.4 is 4.74 Å². The van der Waals surface area contributed by atoms with E-state index in [4.69, 9.17) is 9.47 Å². The number of rotatable bonds is 6. The molecule has 0 aromatic heterocycles. The molecule has 0 amide bonds. The summed E-state index contributed by atoms with van der Waals surface area (Å²) in [5.41, 5.74) is 1.04. The van der Waals surface area contributed by atoms with E-state index in [1.807, 2.05) is 66.7 Å². The largest absolute Gasteiger partial charge is 0.461 e. The van der Waals surface area contributed by atoms with Crippen LogP contribution in [-0.2, 0) is 9.53 Å². The fourth-order valence-corrected chi connectivity index (χ4v) is 2.02. The van der Waals surface area contributed by atoms with Gasteiger partial charge in [0.05, 0.1) is 5.92 Å². The molecule has 1 aliphatic carbocycles. The normalized spacial score (nSPS) is 14.0. The summed E-state index contributed by atoms with van der Waals surface area (Å²) in [5, 5.41) is 0. The number of carbonyl (C=O) groups is 1. The maximum absolute atomic E-state index is 11.4. The van der Waals surface area contributed by atoms with E-state index in [2.05, 4.69) is 0 Å². The molecule has 0 aliphatic heterocycles. The Bertz CT molecular complexity index is 640. The SMILES string of the molecule is O=C(OCC=Cc1ccc(Oc2ccccc2)cc1)C1CC1. The standard InChI is InChI=1S/C19H18O3/c20-19(16-10-11-16)21-14-4-5-15-8-12-18(13-9-15)22-17-6-2-1-3-7-17/h1-9,12-13,16H,10-11,14H2. The smallest absolute Gasteiger partial charge is 0.309 e. The van der Waals surface area contributed by atoms with Gasteiger partial charge in [0.1, 0.15) is 18.1 Å². The van der Waals surface area contributed by atoms with Crippen molar-refractivity contribution in [1.82, 2.24) is 0 Å². The van der Waals surface area contributed by atoms with Crippen molar-refractivity contribution in [3.8, 4) is 11.5 Å². The zero-order valence-electron chi connectivity index (χ0n) is 12.3. The van der Waals surface area contributed by atoms with E-state index in [0.717, 1.165) is 29.9 Å². The minimum atomic E-state index is -0.0729. The van der Waals surface area contributed by atoms with Crippen molar-refractivity contribution in [2.24, 2.45) is 5.92 Å². The van der Waals surface area contributed by atoms with Crippen LogP contribution in [0.1, 0.15) is 18.4 Å². The molecule has 3 heteroatoms. The summed E-state index contributed by atoms with van der Waals surface area (Å²) < 4.78 is 10.9. The van der Waals surface area contributed by atoms with Gasteiger partial charge in [0.2, 0.25) is 0 Å². The molecule has 0 spiro atoms. The molecule has 1 saturated carbocycles. The third-order valence-corrected chi connectivity index (χ3v) is 3.40. The van der Waals surface area contributed by atoms with E-state index in [-0.39, 0.29) is 11.9 Å². The Morgan fingerprint density at radius 1 is 1.00 bits per heavy atom. The fraction of sp³-hybridized carbons (Fsp3) is 0.211. The Balaban J connectivity index is 1.49. The summed E-state index contributed by atoms with van der Waals surface area (Å²) in [6, 6.07) is 17.5. The first-order chi connectivity index (χ1) is 10.8. The third-order valence-electron chi connectivity index (χ3n) is 3.40. The quantitative estimate of drug-likeness (QED) is 0.739. The van der Waals surface area contributed by atoms with Gasteiger partial charge in [-0.05, 0) is 48.7 Å². The lowest BCUT2D eigenvalue weighted by Crippen LogP contribution is -2.05. The first-order valence-corrected chi connectivity index (χ1v) is 7.47. The molecule has 0 saturated heterocycles. The van der Waals surface area contributed by atoms with Gasteiger partial charge in [-0.3, -0.25) is 4.79 Å². The van der Waals surface area contributed by atoms with Crippen molar-refractivity contribution in [3.63, 3.8) is 0 Å². The maximum atomic E-state index is 11.4. The Morgan fingerprint density at radius 3 is 2.36 bits per heavy atom. The van der Waals surface area contributed by atoms with E-state index in [1.54, 1.807) is 0 Å². The lowest BCUT2D eigenvalue weighted by Gasteiger charge is -2.05. The first kappa shape index (κ1) is 14.4. The summed E-state index contributed by atoms with van der Waals surface area (Å²) in [5.74, 6) is 1.69. The van der Waals surface area contributed by atoms with Gasteiger partial charge in [-0.15, -0.1) is 0 Å². The van der Waals surface area contributed by atoms with Crippen molar-refractivity contribution in [2.75, 3.05) is 6.61 Å². The lowest BCUT2D eigenvalue weighted by atomic mass is 10.2. The van der Waals surface area contributed by atoms with Crippen molar-refractivity contribution in [3.05, 3.63) is 66.2 Å². The number of benzene rings is 2. The highest BCUT2D eigenvalue weighted by atomic mass is 16.5. The molecule has 0 unspecified atom stereocenters. The average Bonchev–Trinajstić information content (AvgIpc) is 3.39. The van der Waals surface area contributed by atoms with E-state index < -0.39 is 0 Å². The Hall–Kier alpha value is -2.55. The molecule has 3 rings (SSSR count). The average molecular weight is 294 g/mol. The predicted molar refractivity (Wildman–Crippen MR) is 85.7 cm³/mol. The monoisotopic (exact) mass is 294 g/mol. The highest BCUT2D eigenvalue weighted by Gasteiger charge is 2.30. The number of esters is 1. The summed E-state index contributed by atoms with van der Waals surface area (Å²) >= 11 is 0. The topological polar surface area (TPSA) is 35.5 Å². The van der Waals surface area contributed by atoms with Gasteiger partial charge < -0.3 is 9.47 Å². The van der Waals surface area contributed by atoms with Crippen LogP contribution in [0, 0.1) is 5.92 Å². The van der Waals surface area contributed by atoms with Crippen LogP contribution in [0.4, 0.5) is 0 Å². The second-order valence-corrected chi connectivity index (χ2v) is 5.29. The third kappa shape index (κ3) is 4.22. The molecule has 0 atom stereocenters. The zero-order chi connectivity index (χ0) is 15.2.